The fraction of sp³-hybridized carbons (Fsp3) is 0.458. The molecule has 2 aliphatic heterocycles. The highest BCUT2D eigenvalue weighted by Gasteiger charge is 2.25. The topological polar surface area (TPSA) is 69.7 Å². The Balaban J connectivity index is 1.37. The van der Waals surface area contributed by atoms with Crippen molar-refractivity contribution in [1.82, 2.24) is 4.31 Å². The molecule has 0 aromatic heterocycles. The van der Waals surface area contributed by atoms with Crippen LogP contribution in [0.25, 0.3) is 0 Å². The number of anilines is 2. The van der Waals surface area contributed by atoms with Crippen molar-refractivity contribution in [3.8, 4) is 0 Å². The number of sulfonamides is 1. The Morgan fingerprint density at radius 3 is 2.25 bits per heavy atom. The summed E-state index contributed by atoms with van der Waals surface area (Å²) in [5.41, 5.74) is 1.83. The summed E-state index contributed by atoms with van der Waals surface area (Å²) in [5, 5.41) is 2.75. The van der Waals surface area contributed by atoms with Crippen LogP contribution in [0.2, 0.25) is 0 Å². The third kappa shape index (κ3) is 5.13. The second kappa shape index (κ2) is 10.0. The molecule has 2 aliphatic rings. The molecule has 0 radical (unpaired) electrons. The second-order valence-corrected chi connectivity index (χ2v) is 10.4. The van der Waals surface area contributed by atoms with E-state index in [0.29, 0.717) is 19.5 Å². The average molecular weight is 460 g/mol. The van der Waals surface area contributed by atoms with Crippen LogP contribution in [0.1, 0.15) is 44.1 Å². The van der Waals surface area contributed by atoms with Crippen LogP contribution in [0.15, 0.2) is 47.4 Å². The zero-order chi connectivity index (χ0) is 22.6. The molecular formula is C24H30FN3O3S. The SMILES string of the molecule is O=C(CCc1ccc(S(=O)(=O)N2CCCCC2)cc1)Nc1c(F)cccc1N1CCCC1. The molecule has 2 aromatic carbocycles. The number of para-hydroxylation sites is 1. The van der Waals surface area contributed by atoms with Crippen molar-refractivity contribution >= 4 is 27.3 Å². The number of nitrogens with one attached hydrogen (secondary N) is 1. The van der Waals surface area contributed by atoms with Crippen LogP contribution < -0.4 is 10.2 Å². The monoisotopic (exact) mass is 459 g/mol. The van der Waals surface area contributed by atoms with E-state index in [9.17, 15) is 17.6 Å². The maximum atomic E-state index is 14.4. The molecule has 2 heterocycles. The number of benzene rings is 2. The molecule has 0 aliphatic carbocycles. The van der Waals surface area contributed by atoms with E-state index in [2.05, 4.69) is 10.2 Å². The van der Waals surface area contributed by atoms with Crippen LogP contribution in [-0.2, 0) is 21.2 Å². The molecule has 0 atom stereocenters. The molecular weight excluding hydrogens is 429 g/mol. The molecule has 2 saturated heterocycles. The zero-order valence-corrected chi connectivity index (χ0v) is 19.0. The summed E-state index contributed by atoms with van der Waals surface area (Å²) in [6.45, 7) is 2.86. The predicted molar refractivity (Wildman–Crippen MR) is 124 cm³/mol. The summed E-state index contributed by atoms with van der Waals surface area (Å²) in [4.78, 5) is 14.9. The first-order chi connectivity index (χ1) is 15.4. The highest BCUT2D eigenvalue weighted by Crippen LogP contribution is 2.31. The molecule has 172 valence electrons. The van der Waals surface area contributed by atoms with E-state index in [1.54, 1.807) is 34.6 Å². The molecule has 6 nitrogen and oxygen atoms in total. The first-order valence-electron chi connectivity index (χ1n) is 11.4. The van der Waals surface area contributed by atoms with Gasteiger partial charge < -0.3 is 10.2 Å². The minimum atomic E-state index is -3.46. The summed E-state index contributed by atoms with van der Waals surface area (Å²) in [7, 11) is -3.46. The van der Waals surface area contributed by atoms with Gasteiger partial charge >= 0.3 is 0 Å². The highest BCUT2D eigenvalue weighted by atomic mass is 32.2. The molecule has 32 heavy (non-hydrogen) atoms. The minimum Gasteiger partial charge on any atom is -0.370 e. The summed E-state index contributed by atoms with van der Waals surface area (Å²) < 4.78 is 41.5. The lowest BCUT2D eigenvalue weighted by atomic mass is 10.1. The first-order valence-corrected chi connectivity index (χ1v) is 12.8. The van der Waals surface area contributed by atoms with Gasteiger partial charge in [0.05, 0.1) is 10.6 Å². The largest absolute Gasteiger partial charge is 0.370 e. The number of rotatable bonds is 7. The van der Waals surface area contributed by atoms with Crippen LogP contribution >= 0.6 is 0 Å². The molecule has 0 unspecified atom stereocenters. The Hall–Kier alpha value is -2.45. The molecule has 8 heteroatoms. The number of piperidine rings is 1. The average Bonchev–Trinajstić information content (AvgIpc) is 3.35. The third-order valence-electron chi connectivity index (χ3n) is 6.22. The lowest BCUT2D eigenvalue weighted by Gasteiger charge is -2.25. The van der Waals surface area contributed by atoms with Crippen LogP contribution in [0.5, 0.6) is 0 Å². The van der Waals surface area contributed by atoms with Crippen LogP contribution in [0.4, 0.5) is 15.8 Å². The van der Waals surface area contributed by atoms with E-state index >= 15 is 0 Å². The van der Waals surface area contributed by atoms with E-state index < -0.39 is 15.8 Å². The quantitative estimate of drug-likeness (QED) is 0.675. The molecule has 1 N–H and O–H groups in total. The Kier molecular flexibility index (Phi) is 7.10. The van der Waals surface area contributed by atoms with Gasteiger partial charge in [-0.2, -0.15) is 4.31 Å². The lowest BCUT2D eigenvalue weighted by molar-refractivity contribution is -0.116. The molecule has 2 aromatic rings. The summed E-state index contributed by atoms with van der Waals surface area (Å²) in [6, 6.07) is 11.6. The Bertz CT molecular complexity index is 1040. The first kappa shape index (κ1) is 22.7. The lowest BCUT2D eigenvalue weighted by Crippen LogP contribution is -2.35. The van der Waals surface area contributed by atoms with Gasteiger partial charge in [-0.1, -0.05) is 24.6 Å². The van der Waals surface area contributed by atoms with E-state index in [1.165, 1.54) is 6.07 Å². The fourth-order valence-corrected chi connectivity index (χ4v) is 5.92. The standard InChI is InChI=1S/C24H30FN3O3S/c25-21-7-6-8-22(27-15-4-5-16-27)24(21)26-23(29)14-11-19-9-12-20(13-10-19)32(30,31)28-17-2-1-3-18-28/h6-10,12-13H,1-5,11,14-18H2,(H,26,29). The molecule has 2 fully saturated rings. The smallest absolute Gasteiger partial charge is 0.243 e. The van der Waals surface area contributed by atoms with Crippen molar-refractivity contribution in [2.45, 2.75) is 49.8 Å². The van der Waals surface area contributed by atoms with Crippen LogP contribution in [0, 0.1) is 5.82 Å². The molecule has 0 spiro atoms. The second-order valence-electron chi connectivity index (χ2n) is 8.48. The van der Waals surface area contributed by atoms with Crippen LogP contribution in [-0.4, -0.2) is 44.8 Å². The molecule has 4 rings (SSSR count). The Morgan fingerprint density at radius 2 is 1.56 bits per heavy atom. The summed E-state index contributed by atoms with van der Waals surface area (Å²) in [5.74, 6) is -0.699. The number of carbonyl (C=O) groups is 1. The van der Waals surface area contributed by atoms with E-state index in [-0.39, 0.29) is 22.9 Å². The highest BCUT2D eigenvalue weighted by molar-refractivity contribution is 7.89. The van der Waals surface area contributed by atoms with Gasteiger partial charge in [-0.25, -0.2) is 12.8 Å². The van der Waals surface area contributed by atoms with Gasteiger partial charge in [0.15, 0.2) is 0 Å². The maximum absolute atomic E-state index is 14.4. The van der Waals surface area contributed by atoms with Gasteiger partial charge in [0.1, 0.15) is 11.5 Å². The molecule has 0 bridgehead atoms. The number of aryl methyl sites for hydroxylation is 1. The number of amides is 1. The number of nitrogens with zero attached hydrogens (tertiary/aromatic N) is 2. The van der Waals surface area contributed by atoms with Crippen molar-refractivity contribution in [2.75, 3.05) is 36.4 Å². The molecule has 0 saturated carbocycles. The van der Waals surface area contributed by atoms with Crippen molar-refractivity contribution in [3.63, 3.8) is 0 Å². The van der Waals surface area contributed by atoms with Crippen molar-refractivity contribution in [1.29, 1.82) is 0 Å². The van der Waals surface area contributed by atoms with Crippen molar-refractivity contribution in [3.05, 3.63) is 53.8 Å². The predicted octanol–water partition coefficient (Wildman–Crippen LogP) is 4.17. The Labute approximate surface area is 189 Å². The van der Waals surface area contributed by atoms with Gasteiger partial charge in [-0.15, -0.1) is 0 Å². The third-order valence-corrected chi connectivity index (χ3v) is 8.13. The van der Waals surface area contributed by atoms with Crippen molar-refractivity contribution in [2.24, 2.45) is 0 Å². The van der Waals surface area contributed by atoms with E-state index in [0.717, 1.165) is 56.4 Å². The normalized spacial score (nSPS) is 17.5. The summed E-state index contributed by atoms with van der Waals surface area (Å²) >= 11 is 0. The maximum Gasteiger partial charge on any atom is 0.243 e. The van der Waals surface area contributed by atoms with E-state index in [1.807, 2.05) is 6.07 Å². The molecule has 1 amide bonds. The van der Waals surface area contributed by atoms with Gasteiger partial charge in [0.25, 0.3) is 0 Å². The number of hydrogen-bond acceptors (Lipinski definition) is 4. The zero-order valence-electron chi connectivity index (χ0n) is 18.2. The number of halogens is 1. The summed E-state index contributed by atoms with van der Waals surface area (Å²) in [6.07, 6.45) is 5.62. The van der Waals surface area contributed by atoms with Gasteiger partial charge in [0, 0.05) is 32.6 Å². The number of hydrogen-bond donors (Lipinski definition) is 1. The number of carbonyl (C=O) groups excluding carboxylic acids is 1. The minimum absolute atomic E-state index is 0.187. The van der Waals surface area contributed by atoms with Crippen molar-refractivity contribution < 1.29 is 17.6 Å². The van der Waals surface area contributed by atoms with Crippen LogP contribution in [0.3, 0.4) is 0 Å². The Morgan fingerprint density at radius 1 is 0.906 bits per heavy atom. The van der Waals surface area contributed by atoms with Gasteiger partial charge in [-0.3, -0.25) is 4.79 Å². The van der Waals surface area contributed by atoms with E-state index in [4.69, 9.17) is 0 Å². The van der Waals surface area contributed by atoms with Gasteiger partial charge in [0.2, 0.25) is 15.9 Å². The fourth-order valence-electron chi connectivity index (χ4n) is 4.40. The van der Waals surface area contributed by atoms with Gasteiger partial charge in [-0.05, 0) is 61.9 Å².